The van der Waals surface area contributed by atoms with Gasteiger partial charge in [-0.15, -0.1) is 0 Å². The molecule has 0 aromatic carbocycles. The van der Waals surface area contributed by atoms with E-state index in [2.05, 4.69) is 301 Å². The first kappa shape index (κ1) is 123. The van der Waals surface area contributed by atoms with Crippen molar-refractivity contribution >= 4 is 0 Å². The van der Waals surface area contributed by atoms with E-state index in [0.29, 0.717) is 129 Å². The van der Waals surface area contributed by atoms with Gasteiger partial charge in [0.1, 0.15) is 0 Å². The minimum Gasteiger partial charge on any atom is -0.396 e. The zero-order valence-electron chi connectivity index (χ0n) is 83.3. The maximum atomic E-state index is 9.35. The normalized spacial score (nSPS) is 16.2. The molecule has 0 bridgehead atoms. The van der Waals surface area contributed by atoms with Gasteiger partial charge in [-0.05, 0) is 308 Å². The summed E-state index contributed by atoms with van der Waals surface area (Å²) in [6.07, 6.45) is 10.9. The summed E-state index contributed by atoms with van der Waals surface area (Å²) in [5.74, 6) is -0.399. The topological polar surface area (TPSA) is 207 Å². The van der Waals surface area contributed by atoms with Crippen molar-refractivity contribution in [3.05, 3.63) is 18.7 Å². The van der Waals surface area contributed by atoms with Crippen molar-refractivity contribution in [1.82, 2.24) is 58.6 Å². The van der Waals surface area contributed by atoms with Crippen molar-refractivity contribution in [3.8, 4) is 0 Å². The second-order valence-corrected chi connectivity index (χ2v) is 36.1. The third-order valence-electron chi connectivity index (χ3n) is 21.4. The highest BCUT2D eigenvalue weighted by Crippen LogP contribution is 2.35. The van der Waals surface area contributed by atoms with Crippen LogP contribution in [0.3, 0.4) is 0 Å². The number of nitrogens with zero attached hydrogens (tertiary/aromatic N) is 12. The lowest BCUT2D eigenvalue weighted by Crippen LogP contribution is -2.67. The summed E-state index contributed by atoms with van der Waals surface area (Å²) in [6, 6.07) is 9.73. The number of aryl methyl sites for hydroxylation is 1. The number of aliphatic hydroxyl groups excluding tert-OH is 5. The summed E-state index contributed by atoms with van der Waals surface area (Å²) in [4.78, 5) is 27.8. The summed E-state index contributed by atoms with van der Waals surface area (Å²) < 4.78 is 34.1. The van der Waals surface area contributed by atoms with Crippen LogP contribution in [0.5, 0.6) is 0 Å². The molecule has 3 rings (SSSR count). The Kier molecular flexibility index (Phi) is 77.7. The molecule has 4 atom stereocenters. The molecule has 114 heavy (non-hydrogen) atoms. The fourth-order valence-electron chi connectivity index (χ4n) is 14.3. The average molecular weight is 1640 g/mol. The predicted molar refractivity (Wildman–Crippen MR) is 490 cm³/mol. The molecule has 2 fully saturated rings. The number of aliphatic hydroxyl groups is 5. The molecule has 692 valence electrons. The highest BCUT2D eigenvalue weighted by Gasteiger charge is 2.46. The van der Waals surface area contributed by atoms with E-state index < -0.39 is 11.3 Å². The molecule has 5 N–H and O–H groups in total. The molecule has 2 saturated heterocycles. The Morgan fingerprint density at radius 2 is 0.886 bits per heavy atom. The molecular formula is C91H202N12O11. The second-order valence-electron chi connectivity index (χ2n) is 36.1. The molecule has 23 heteroatoms. The van der Waals surface area contributed by atoms with Crippen LogP contribution >= 0.6 is 0 Å². The van der Waals surface area contributed by atoms with Gasteiger partial charge in [0.2, 0.25) is 0 Å². The van der Waals surface area contributed by atoms with E-state index >= 15 is 0 Å². The van der Waals surface area contributed by atoms with Crippen LogP contribution in [0, 0.1) is 0 Å². The number of hydrogen-bond acceptors (Lipinski definition) is 22. The first-order valence-electron chi connectivity index (χ1n) is 44.8. The molecule has 23 nitrogen and oxygen atoms in total. The molecule has 0 amide bonds. The Labute approximate surface area is 708 Å². The molecule has 0 radical (unpaired) electrons. The van der Waals surface area contributed by atoms with Crippen LogP contribution in [0.4, 0.5) is 0 Å². The Bertz CT molecular complexity index is 2090. The monoisotopic (exact) mass is 1640 g/mol. The summed E-state index contributed by atoms with van der Waals surface area (Å²) in [5.41, 5.74) is -0.392. The number of ether oxygens (including phenoxy) is 6. The number of imidazole rings is 1. The number of likely N-dealkylation sites (tertiary alicyclic amines) is 1. The lowest BCUT2D eigenvalue weighted by molar-refractivity contribution is -0.141. The van der Waals surface area contributed by atoms with Crippen molar-refractivity contribution in [2.45, 2.75) is 427 Å². The largest absolute Gasteiger partial charge is 0.396 e. The third-order valence-corrected chi connectivity index (χ3v) is 21.4. The molecule has 0 spiro atoms. The number of aromatic nitrogens is 2. The molecular weight excluding hydrogens is 1440 g/mol. The lowest BCUT2D eigenvalue weighted by atomic mass is 9.84. The maximum absolute atomic E-state index is 9.35. The lowest BCUT2D eigenvalue weighted by Gasteiger charge is -2.55. The summed E-state index contributed by atoms with van der Waals surface area (Å²) in [5, 5.41) is 44.9. The molecule has 1 aromatic heterocycles. The number of methoxy groups -OCH3 is 3. The van der Waals surface area contributed by atoms with Crippen LogP contribution in [0.2, 0.25) is 0 Å². The van der Waals surface area contributed by atoms with Crippen LogP contribution in [-0.2, 0) is 35.0 Å². The Morgan fingerprint density at radius 3 is 1.16 bits per heavy atom. The molecule has 0 saturated carbocycles. The molecule has 0 aliphatic carbocycles. The van der Waals surface area contributed by atoms with E-state index in [4.69, 9.17) is 38.6 Å². The van der Waals surface area contributed by atoms with E-state index in [1.165, 1.54) is 32.4 Å². The van der Waals surface area contributed by atoms with Crippen LogP contribution in [0.1, 0.15) is 288 Å². The fourth-order valence-corrected chi connectivity index (χ4v) is 14.3. The number of rotatable bonds is 47. The summed E-state index contributed by atoms with van der Waals surface area (Å²) in [6.45, 7) is 95.0. The quantitative estimate of drug-likeness (QED) is 0.0304. The van der Waals surface area contributed by atoms with Crippen molar-refractivity contribution in [1.29, 1.82) is 0 Å². The van der Waals surface area contributed by atoms with Gasteiger partial charge in [-0.25, -0.2) is 4.98 Å². The van der Waals surface area contributed by atoms with Gasteiger partial charge in [0.15, 0.2) is 12.1 Å². The van der Waals surface area contributed by atoms with Gasteiger partial charge >= 0.3 is 0 Å². The SMILES string of the molecule is CC(C)N(C)CCCN(C)C(C)C.CC(C)N(CC1COC(C)(C)O1)C(C)C.CC(C)N(CCCn1ccnc1)C(C)C.CC(C)N(CCOCCO)C(C)C.CC(C)N(C[C@H](C)O)C(C)C.CCC(CO)(CO)N1C(C)CC1C.CCN(CCCO)C(C)C.COC(CN(C(C)C)C(C)C)OC.COCCN(C(C)C)C(C)C. The predicted octanol–water partition coefficient (Wildman–Crippen LogP) is 14.5. The Morgan fingerprint density at radius 1 is 0.482 bits per heavy atom. The van der Waals surface area contributed by atoms with Crippen molar-refractivity contribution in [2.24, 2.45) is 0 Å². The molecule has 2 aliphatic heterocycles. The van der Waals surface area contributed by atoms with Gasteiger partial charge in [0, 0.05) is 195 Å². The second kappa shape index (κ2) is 71.9. The molecule has 1 aromatic rings. The highest BCUT2D eigenvalue weighted by molar-refractivity contribution is 5.01. The van der Waals surface area contributed by atoms with Crippen LogP contribution in [0.25, 0.3) is 0 Å². The Balaban J connectivity index is -0.000000289. The van der Waals surface area contributed by atoms with E-state index in [9.17, 15) is 15.3 Å². The highest BCUT2D eigenvalue weighted by atomic mass is 16.7. The molecule has 2 aliphatic rings. The van der Waals surface area contributed by atoms with Crippen molar-refractivity contribution in [3.63, 3.8) is 0 Å². The van der Waals surface area contributed by atoms with Gasteiger partial charge < -0.3 is 73.2 Å². The minimum absolute atomic E-state index is 0.0503. The van der Waals surface area contributed by atoms with Gasteiger partial charge in [-0.3, -0.25) is 34.3 Å². The van der Waals surface area contributed by atoms with Gasteiger partial charge in [-0.1, -0.05) is 13.8 Å². The summed E-state index contributed by atoms with van der Waals surface area (Å²) >= 11 is 0. The first-order chi connectivity index (χ1) is 52.9. The van der Waals surface area contributed by atoms with Gasteiger partial charge in [0.05, 0.1) is 70.3 Å². The minimum atomic E-state index is -0.399. The van der Waals surface area contributed by atoms with E-state index in [1.807, 2.05) is 46.4 Å². The van der Waals surface area contributed by atoms with Crippen LogP contribution in [-0.4, -0.2) is 370 Å². The van der Waals surface area contributed by atoms with E-state index in [-0.39, 0.29) is 38.3 Å². The van der Waals surface area contributed by atoms with Gasteiger partial charge in [-0.2, -0.15) is 0 Å². The van der Waals surface area contributed by atoms with E-state index in [1.54, 1.807) is 21.3 Å². The number of hydrogen-bond donors (Lipinski definition) is 5. The smallest absolute Gasteiger partial charge is 0.169 e. The zero-order chi connectivity index (χ0) is 89.9. The fraction of sp³-hybridized carbons (Fsp3) is 0.967. The average Bonchev–Trinajstić information content (AvgIpc) is 1.22. The Hall–Kier alpha value is -1.63. The maximum Gasteiger partial charge on any atom is 0.169 e. The van der Waals surface area contributed by atoms with Crippen molar-refractivity contribution in [2.75, 3.05) is 154 Å². The summed E-state index contributed by atoms with van der Waals surface area (Å²) in [7, 11) is 9.49. The molecule has 3 heterocycles. The molecule has 3 unspecified atom stereocenters. The first-order valence-corrected chi connectivity index (χ1v) is 44.8. The van der Waals surface area contributed by atoms with Crippen molar-refractivity contribution < 1.29 is 54.0 Å². The van der Waals surface area contributed by atoms with Crippen LogP contribution < -0.4 is 0 Å². The van der Waals surface area contributed by atoms with Gasteiger partial charge in [0.25, 0.3) is 0 Å². The zero-order valence-corrected chi connectivity index (χ0v) is 83.3. The van der Waals surface area contributed by atoms with E-state index in [0.717, 1.165) is 78.4 Å². The standard InChI is InChI=1S/C12H23N3.C12H25NO2.C11H26N2.C10H21NO2.2C10H23NO2.2C9H21NO.C8H19NO/c1-11(2)15(12(3)4)8-5-7-14-9-6-13-10-14;1-9(2)13(10(3)4)7-11-8-14-12(5,6)15-11;1-10(2)12(5)8-7-9-13(6)11(3)4;1-4-10(6-12,7-13)11-8(2)5-9(11)3;1-8(2)11(9(3)4)7-10(12-5)13-6;1-9(2)11(10(3)4)5-7-13-8-6-12;1-8(2)10(9(3)4)6-7-11-5;1-7(2)10(8(3)4)6-9(5)11;1-4-9(8(2)3)6-5-7-10/h6,9-12H,5,7-8H2,1-4H3;9-11H,7-8H2,1-6H3;10-11H,7-9H2,1-6H3;8-9,12-13H,4-7H2,1-3H3;8-10H,7H2,1-6H3;9-10,12H,5-8H2,1-4H3;8-9H,6-7H2,1-5H3;7-9,11H,6H2,1-5H3;8,10H,4-7H2,1-3H3/t;;;;;;;9-;/m.......0./s1. The van der Waals surface area contributed by atoms with Crippen LogP contribution in [0.15, 0.2) is 18.7 Å². The third kappa shape index (κ3) is 60.8.